The molecule has 3 heterocycles. The van der Waals surface area contributed by atoms with Crippen LogP contribution in [0.25, 0.3) is 28.0 Å². The van der Waals surface area contributed by atoms with E-state index in [-0.39, 0.29) is 4.90 Å². The van der Waals surface area contributed by atoms with Gasteiger partial charge >= 0.3 is 0 Å². The molecule has 216 valence electrons. The van der Waals surface area contributed by atoms with Gasteiger partial charge in [0.1, 0.15) is 11.2 Å². The van der Waals surface area contributed by atoms with Crippen molar-refractivity contribution in [3.63, 3.8) is 0 Å². The van der Waals surface area contributed by atoms with Crippen LogP contribution in [0.15, 0.2) is 151 Å². The van der Waals surface area contributed by atoms with Gasteiger partial charge in [-0.2, -0.15) is 5.10 Å². The Kier molecular flexibility index (Phi) is 6.73. The Bertz CT molecular complexity index is 2090. The lowest BCUT2D eigenvalue weighted by Crippen LogP contribution is -2.38. The second-order valence-electron chi connectivity index (χ2n) is 10.7. The summed E-state index contributed by atoms with van der Waals surface area (Å²) in [6.07, 6.45) is 5.96. The van der Waals surface area contributed by atoms with Gasteiger partial charge in [-0.05, 0) is 47.9 Å². The van der Waals surface area contributed by atoms with Gasteiger partial charge in [0, 0.05) is 29.1 Å². The third-order valence-corrected chi connectivity index (χ3v) is 9.04. The predicted molar refractivity (Wildman–Crippen MR) is 173 cm³/mol. The number of rotatable bonds is 7. The molecule has 2 N–H and O–H groups in total. The number of aromatic nitrogens is 4. The SMILES string of the molecule is Cc1nn(C(c2ccccc2)(c2ccccc2)c2ccccc2)cc1-c1ccc2ncc(-c3ccc(S(N)(=O)=O)cc3)n2c1. The molecule has 4 aromatic carbocycles. The zero-order chi connectivity index (χ0) is 30.3. The van der Waals surface area contributed by atoms with Crippen LogP contribution in [0.3, 0.4) is 0 Å². The minimum atomic E-state index is -3.78. The normalized spacial score (nSPS) is 12.0. The summed E-state index contributed by atoms with van der Waals surface area (Å²) >= 11 is 0. The summed E-state index contributed by atoms with van der Waals surface area (Å²) in [5, 5.41) is 10.5. The van der Waals surface area contributed by atoms with Crippen LogP contribution in [-0.4, -0.2) is 27.6 Å². The maximum Gasteiger partial charge on any atom is 0.238 e. The van der Waals surface area contributed by atoms with E-state index in [0.29, 0.717) is 0 Å². The number of aryl methyl sites for hydroxylation is 1. The van der Waals surface area contributed by atoms with E-state index in [1.165, 1.54) is 12.1 Å². The molecule has 0 aliphatic carbocycles. The predicted octanol–water partition coefficient (Wildman–Crippen LogP) is 6.66. The number of imidazole rings is 1. The Morgan fingerprint density at radius 1 is 0.659 bits per heavy atom. The van der Waals surface area contributed by atoms with Gasteiger partial charge in [0.2, 0.25) is 10.0 Å². The number of sulfonamides is 1. The van der Waals surface area contributed by atoms with Crippen molar-refractivity contribution in [3.8, 4) is 22.4 Å². The van der Waals surface area contributed by atoms with E-state index >= 15 is 0 Å². The molecular weight excluding hydrogens is 566 g/mol. The molecule has 8 heteroatoms. The first-order chi connectivity index (χ1) is 21.4. The Labute approximate surface area is 255 Å². The number of pyridine rings is 1. The molecule has 44 heavy (non-hydrogen) atoms. The maximum atomic E-state index is 11.8. The average Bonchev–Trinajstić information content (AvgIpc) is 3.66. The van der Waals surface area contributed by atoms with Gasteiger partial charge in [-0.3, -0.25) is 9.08 Å². The van der Waals surface area contributed by atoms with E-state index in [0.717, 1.165) is 50.4 Å². The summed E-state index contributed by atoms with van der Waals surface area (Å²) in [7, 11) is -3.78. The lowest BCUT2D eigenvalue weighted by molar-refractivity contribution is 0.458. The van der Waals surface area contributed by atoms with Crippen molar-refractivity contribution in [2.75, 3.05) is 0 Å². The molecule has 3 aromatic heterocycles. The first-order valence-electron chi connectivity index (χ1n) is 14.2. The number of hydrogen-bond donors (Lipinski definition) is 1. The molecule has 0 saturated carbocycles. The second-order valence-corrected chi connectivity index (χ2v) is 12.3. The van der Waals surface area contributed by atoms with E-state index in [1.54, 1.807) is 18.3 Å². The Hall–Kier alpha value is -5.31. The zero-order valence-electron chi connectivity index (χ0n) is 23.9. The highest BCUT2D eigenvalue weighted by atomic mass is 32.2. The van der Waals surface area contributed by atoms with Crippen LogP contribution >= 0.6 is 0 Å². The van der Waals surface area contributed by atoms with Gasteiger partial charge in [-0.1, -0.05) is 103 Å². The van der Waals surface area contributed by atoms with Crippen LogP contribution in [0, 0.1) is 6.92 Å². The molecule has 0 aliphatic heterocycles. The number of hydrogen-bond acceptors (Lipinski definition) is 4. The topological polar surface area (TPSA) is 95.3 Å². The van der Waals surface area contributed by atoms with E-state index in [1.807, 2.05) is 35.6 Å². The minimum Gasteiger partial charge on any atom is -0.299 e. The number of fused-ring (bicyclic) bond motifs is 1. The molecule has 0 radical (unpaired) electrons. The molecule has 7 nitrogen and oxygen atoms in total. The van der Waals surface area contributed by atoms with Crippen molar-refractivity contribution in [2.24, 2.45) is 5.14 Å². The minimum absolute atomic E-state index is 0.0672. The number of benzene rings is 4. The van der Waals surface area contributed by atoms with Crippen LogP contribution in [-0.2, 0) is 15.6 Å². The molecule has 7 aromatic rings. The fourth-order valence-corrected chi connectivity index (χ4v) is 6.53. The second kappa shape index (κ2) is 10.8. The van der Waals surface area contributed by atoms with E-state index in [4.69, 9.17) is 10.2 Å². The third kappa shape index (κ3) is 4.61. The molecule has 0 saturated heterocycles. The quantitative estimate of drug-likeness (QED) is 0.209. The molecule has 0 atom stereocenters. The highest BCUT2D eigenvalue weighted by Gasteiger charge is 2.39. The fraction of sp³-hybridized carbons (Fsp3) is 0.0556. The van der Waals surface area contributed by atoms with Crippen molar-refractivity contribution >= 4 is 15.7 Å². The molecule has 0 bridgehead atoms. The zero-order valence-corrected chi connectivity index (χ0v) is 24.8. The van der Waals surface area contributed by atoms with Crippen molar-refractivity contribution in [1.82, 2.24) is 19.2 Å². The molecule has 7 rings (SSSR count). The summed E-state index contributed by atoms with van der Waals surface area (Å²) in [5.41, 5.74) is 7.86. The van der Waals surface area contributed by atoms with Gasteiger partial charge in [-0.15, -0.1) is 0 Å². The van der Waals surface area contributed by atoms with Crippen LogP contribution in [0.4, 0.5) is 0 Å². The molecule has 0 aliphatic rings. The monoisotopic (exact) mass is 595 g/mol. The average molecular weight is 596 g/mol. The van der Waals surface area contributed by atoms with Gasteiger partial charge in [0.05, 0.1) is 22.5 Å². The van der Waals surface area contributed by atoms with Crippen LogP contribution in [0.1, 0.15) is 22.4 Å². The fourth-order valence-electron chi connectivity index (χ4n) is 6.02. The molecule has 0 spiro atoms. The lowest BCUT2D eigenvalue weighted by atomic mass is 9.77. The van der Waals surface area contributed by atoms with E-state index in [9.17, 15) is 8.42 Å². The van der Waals surface area contributed by atoms with Gasteiger partial charge < -0.3 is 0 Å². The summed E-state index contributed by atoms with van der Waals surface area (Å²) in [5.74, 6) is 0. The highest BCUT2D eigenvalue weighted by molar-refractivity contribution is 7.89. The summed E-state index contributed by atoms with van der Waals surface area (Å²) in [6, 6.07) is 42.0. The van der Waals surface area contributed by atoms with Crippen molar-refractivity contribution in [3.05, 3.63) is 168 Å². The third-order valence-electron chi connectivity index (χ3n) is 8.11. The highest BCUT2D eigenvalue weighted by Crippen LogP contribution is 2.41. The Morgan fingerprint density at radius 2 is 1.18 bits per heavy atom. The maximum absolute atomic E-state index is 11.8. The van der Waals surface area contributed by atoms with Gasteiger partial charge in [0.25, 0.3) is 0 Å². The van der Waals surface area contributed by atoms with Crippen LogP contribution < -0.4 is 5.14 Å². The number of nitrogens with two attached hydrogens (primary N) is 1. The van der Waals surface area contributed by atoms with Crippen LogP contribution in [0.5, 0.6) is 0 Å². The number of primary sulfonamides is 1. The van der Waals surface area contributed by atoms with Crippen molar-refractivity contribution in [2.45, 2.75) is 17.4 Å². The van der Waals surface area contributed by atoms with Crippen molar-refractivity contribution < 1.29 is 8.42 Å². The van der Waals surface area contributed by atoms with E-state index < -0.39 is 15.6 Å². The summed E-state index contributed by atoms with van der Waals surface area (Å²) in [4.78, 5) is 4.65. The Balaban J connectivity index is 1.41. The largest absolute Gasteiger partial charge is 0.299 e. The summed E-state index contributed by atoms with van der Waals surface area (Å²) in [6.45, 7) is 2.03. The molecular formula is C36H29N5O2S. The molecule has 0 amide bonds. The molecule has 0 fully saturated rings. The van der Waals surface area contributed by atoms with Crippen molar-refractivity contribution in [1.29, 1.82) is 0 Å². The molecule has 0 unspecified atom stereocenters. The summed E-state index contributed by atoms with van der Waals surface area (Å²) < 4.78 is 27.6. The first kappa shape index (κ1) is 27.5. The Morgan fingerprint density at radius 3 is 1.70 bits per heavy atom. The number of nitrogens with zero attached hydrogens (tertiary/aromatic N) is 4. The van der Waals surface area contributed by atoms with Crippen LogP contribution in [0.2, 0.25) is 0 Å². The standard InChI is InChI=1S/C36H29N5O2S/c1-26-33(28-19-22-35-38-23-34(40(35)24-28)27-17-20-32(21-18-27)44(37,42)43)25-41(39-26)36(29-11-5-2-6-12-29,30-13-7-3-8-14-30)31-15-9-4-10-16-31/h2-25H,1H3,(H2,37,42,43). The smallest absolute Gasteiger partial charge is 0.238 e. The first-order valence-corrected chi connectivity index (χ1v) is 15.7. The van der Waals surface area contributed by atoms with E-state index in [2.05, 4.69) is 101 Å². The van der Waals surface area contributed by atoms with Gasteiger partial charge in [-0.25, -0.2) is 18.5 Å². The van der Waals surface area contributed by atoms with Gasteiger partial charge in [0.15, 0.2) is 0 Å². The lowest BCUT2D eigenvalue weighted by Gasteiger charge is -2.36.